The Morgan fingerprint density at radius 1 is 1.18 bits per heavy atom. The van der Waals surface area contributed by atoms with Gasteiger partial charge in [-0.05, 0) is 24.4 Å². The first-order valence-electron chi connectivity index (χ1n) is 7.44. The molecule has 0 aliphatic heterocycles. The lowest BCUT2D eigenvalue weighted by Gasteiger charge is -2.16. The van der Waals surface area contributed by atoms with Gasteiger partial charge in [-0.1, -0.05) is 11.6 Å². The molecule has 2 heterocycles. The molecule has 0 amide bonds. The average molecular weight is 433 g/mol. The molecule has 0 aliphatic rings. The molecule has 1 aromatic carbocycles. The van der Waals surface area contributed by atoms with E-state index in [1.54, 1.807) is 0 Å². The average Bonchev–Trinajstić information content (AvgIpc) is 2.61. The van der Waals surface area contributed by atoms with Crippen molar-refractivity contribution >= 4 is 23.8 Å². The van der Waals surface area contributed by atoms with Crippen molar-refractivity contribution in [3.63, 3.8) is 0 Å². The number of nitrogens with zero attached hydrogens (tertiary/aromatic N) is 4. The van der Waals surface area contributed by atoms with Crippen molar-refractivity contribution < 1.29 is 22.3 Å². The van der Waals surface area contributed by atoms with Gasteiger partial charge in [0.2, 0.25) is 0 Å². The molecule has 12 heteroatoms. The van der Waals surface area contributed by atoms with Gasteiger partial charge in [0.1, 0.15) is 11.5 Å². The van der Waals surface area contributed by atoms with Crippen molar-refractivity contribution in [2.24, 2.45) is 7.05 Å². The summed E-state index contributed by atoms with van der Waals surface area (Å²) >= 11 is 10.9. The van der Waals surface area contributed by atoms with E-state index in [0.717, 1.165) is 19.2 Å². The zero-order valence-corrected chi connectivity index (χ0v) is 15.4. The first-order chi connectivity index (χ1) is 13.1. The third-order valence-electron chi connectivity index (χ3n) is 3.60. The summed E-state index contributed by atoms with van der Waals surface area (Å²) in [5.74, 6) is -1.10. The Labute approximate surface area is 164 Å². The summed E-state index contributed by atoms with van der Waals surface area (Å²) in [4.78, 5) is 19.9. The molecule has 0 N–H and O–H groups in total. The lowest BCUT2D eigenvalue weighted by molar-refractivity contribution is -0.143. The molecule has 3 aromatic rings. The summed E-state index contributed by atoms with van der Waals surface area (Å²) in [6.45, 7) is 0. The number of rotatable bonds is 3. The van der Waals surface area contributed by atoms with E-state index in [2.05, 4.69) is 9.97 Å². The van der Waals surface area contributed by atoms with Crippen molar-refractivity contribution in [2.75, 3.05) is 0 Å². The van der Waals surface area contributed by atoms with Crippen LogP contribution in [0.2, 0.25) is 5.02 Å². The highest BCUT2D eigenvalue weighted by atomic mass is 35.5. The van der Waals surface area contributed by atoms with E-state index in [0.29, 0.717) is 15.2 Å². The van der Waals surface area contributed by atoms with Crippen molar-refractivity contribution in [1.82, 2.24) is 19.1 Å². The van der Waals surface area contributed by atoms with Crippen LogP contribution >= 0.6 is 23.8 Å². The number of halogens is 5. The SMILES string of the molecule is Cn1c(C(F)(F)F)cc(=O)n(-c2cc(Oc3ncccn3)c(Cl)cc2F)c1=S. The van der Waals surface area contributed by atoms with Crippen molar-refractivity contribution in [1.29, 1.82) is 0 Å². The Kier molecular flexibility index (Phi) is 5.22. The highest BCUT2D eigenvalue weighted by Gasteiger charge is 2.34. The maximum Gasteiger partial charge on any atom is 0.431 e. The molecule has 0 spiro atoms. The minimum atomic E-state index is -4.81. The predicted octanol–water partition coefficient (Wildman–Crippen LogP) is 4.30. The minimum Gasteiger partial charge on any atom is -0.423 e. The second kappa shape index (κ2) is 7.32. The van der Waals surface area contributed by atoms with Crippen LogP contribution in [-0.2, 0) is 13.2 Å². The molecular formula is C16H9ClF4N4O2S. The fraction of sp³-hybridized carbons (Fsp3) is 0.125. The fourth-order valence-electron chi connectivity index (χ4n) is 2.32. The maximum atomic E-state index is 14.5. The number of aromatic nitrogens is 4. The van der Waals surface area contributed by atoms with Crippen LogP contribution in [0.25, 0.3) is 5.69 Å². The number of benzene rings is 1. The number of ether oxygens (including phenoxy) is 1. The fourth-order valence-corrected chi connectivity index (χ4v) is 2.80. The van der Waals surface area contributed by atoms with Crippen molar-refractivity contribution in [3.05, 3.63) is 68.3 Å². The standard InChI is InChI=1S/C16H9ClF4N4O2S/c1-24-12(16(19,20)21)7-13(26)25(15(24)28)10-6-11(8(17)5-9(10)18)27-14-22-3-2-4-23-14/h2-7H,1H3. The topological polar surface area (TPSA) is 61.9 Å². The summed E-state index contributed by atoms with van der Waals surface area (Å²) in [5, 5.41) is -0.163. The zero-order valence-electron chi connectivity index (χ0n) is 13.9. The Morgan fingerprint density at radius 3 is 2.43 bits per heavy atom. The van der Waals surface area contributed by atoms with Gasteiger partial charge in [0, 0.05) is 31.6 Å². The minimum absolute atomic E-state index is 0.106. The Bertz CT molecular complexity index is 1160. The monoisotopic (exact) mass is 432 g/mol. The lowest BCUT2D eigenvalue weighted by atomic mass is 10.2. The molecule has 2 aromatic heterocycles. The molecule has 146 valence electrons. The molecular weight excluding hydrogens is 424 g/mol. The van der Waals surface area contributed by atoms with E-state index in [-0.39, 0.29) is 16.8 Å². The van der Waals surface area contributed by atoms with E-state index in [9.17, 15) is 22.4 Å². The van der Waals surface area contributed by atoms with Gasteiger partial charge in [0.15, 0.2) is 10.5 Å². The van der Waals surface area contributed by atoms with Gasteiger partial charge in [-0.2, -0.15) is 13.2 Å². The summed E-state index contributed by atoms with van der Waals surface area (Å²) in [6, 6.07) is 3.62. The maximum absolute atomic E-state index is 14.5. The van der Waals surface area contributed by atoms with E-state index >= 15 is 0 Å². The smallest absolute Gasteiger partial charge is 0.423 e. The third-order valence-corrected chi connectivity index (χ3v) is 4.35. The number of hydrogen-bond donors (Lipinski definition) is 0. The van der Waals surface area contributed by atoms with Crippen LogP contribution < -0.4 is 10.3 Å². The van der Waals surface area contributed by atoms with E-state index < -0.39 is 33.7 Å². The molecule has 6 nitrogen and oxygen atoms in total. The third kappa shape index (κ3) is 3.76. The molecule has 0 bridgehead atoms. The van der Waals surface area contributed by atoms with E-state index in [1.165, 1.54) is 18.5 Å². The van der Waals surface area contributed by atoms with E-state index in [1.807, 2.05) is 0 Å². The van der Waals surface area contributed by atoms with Gasteiger partial charge < -0.3 is 9.30 Å². The van der Waals surface area contributed by atoms with Gasteiger partial charge in [0.25, 0.3) is 5.56 Å². The summed E-state index contributed by atoms with van der Waals surface area (Å²) in [7, 11) is 1.02. The Balaban J connectivity index is 2.20. The van der Waals surface area contributed by atoms with E-state index in [4.69, 9.17) is 28.6 Å². The zero-order chi connectivity index (χ0) is 20.6. The summed E-state index contributed by atoms with van der Waals surface area (Å²) < 4.78 is 59.6. The Hall–Kier alpha value is -2.79. The predicted molar refractivity (Wildman–Crippen MR) is 93.9 cm³/mol. The molecule has 0 radical (unpaired) electrons. The molecule has 0 unspecified atom stereocenters. The lowest BCUT2D eigenvalue weighted by Crippen LogP contribution is -2.28. The van der Waals surface area contributed by atoms with Crippen LogP contribution in [-0.4, -0.2) is 19.1 Å². The molecule has 0 saturated heterocycles. The van der Waals surface area contributed by atoms with Crippen molar-refractivity contribution in [3.8, 4) is 17.4 Å². The number of alkyl halides is 3. The van der Waals surface area contributed by atoms with Crippen LogP contribution in [0.15, 0.2) is 41.5 Å². The quantitative estimate of drug-likeness (QED) is 0.456. The first kappa shape index (κ1) is 20.0. The van der Waals surface area contributed by atoms with Crippen molar-refractivity contribution in [2.45, 2.75) is 6.18 Å². The first-order valence-corrected chi connectivity index (χ1v) is 8.23. The molecule has 3 rings (SSSR count). The van der Waals surface area contributed by atoms with Gasteiger partial charge >= 0.3 is 12.2 Å². The van der Waals surface area contributed by atoms with Crippen LogP contribution in [0.5, 0.6) is 11.8 Å². The second-order valence-corrected chi connectivity index (χ2v) is 6.18. The van der Waals surface area contributed by atoms with Crippen LogP contribution in [0.1, 0.15) is 5.69 Å². The highest BCUT2D eigenvalue weighted by Crippen LogP contribution is 2.32. The van der Waals surface area contributed by atoms with Crippen LogP contribution in [0.3, 0.4) is 0 Å². The number of hydrogen-bond acceptors (Lipinski definition) is 5. The van der Waals surface area contributed by atoms with Crippen LogP contribution in [0, 0.1) is 10.6 Å². The largest absolute Gasteiger partial charge is 0.431 e. The molecule has 0 aliphatic carbocycles. The van der Waals surface area contributed by atoms with Crippen LogP contribution in [0.4, 0.5) is 17.6 Å². The second-order valence-electron chi connectivity index (χ2n) is 5.41. The van der Waals surface area contributed by atoms with Gasteiger partial charge in [0.05, 0.1) is 10.7 Å². The normalized spacial score (nSPS) is 11.5. The summed E-state index contributed by atoms with van der Waals surface area (Å²) in [6.07, 6.45) is -2.03. The van der Waals surface area contributed by atoms with Gasteiger partial charge in [-0.15, -0.1) is 0 Å². The molecule has 0 atom stereocenters. The van der Waals surface area contributed by atoms with Gasteiger partial charge in [-0.3, -0.25) is 9.36 Å². The molecule has 28 heavy (non-hydrogen) atoms. The van der Waals surface area contributed by atoms with Gasteiger partial charge in [-0.25, -0.2) is 14.4 Å². The molecule has 0 saturated carbocycles. The summed E-state index contributed by atoms with van der Waals surface area (Å²) in [5.41, 5.74) is -2.87. The Morgan fingerprint density at radius 2 is 1.82 bits per heavy atom. The highest BCUT2D eigenvalue weighted by molar-refractivity contribution is 7.71. The molecule has 0 fully saturated rings.